The second-order valence-electron chi connectivity index (χ2n) is 3.42. The van der Waals surface area contributed by atoms with Gasteiger partial charge in [-0.25, -0.2) is 9.67 Å². The van der Waals surface area contributed by atoms with Gasteiger partial charge in [0.05, 0.1) is 6.42 Å². The molecule has 0 aliphatic carbocycles. The molecule has 0 saturated heterocycles. The average Bonchev–Trinajstić information content (AvgIpc) is 2.52. The summed E-state index contributed by atoms with van der Waals surface area (Å²) in [5, 5.41) is 4.06. The Balaban J connectivity index is 2.71. The summed E-state index contributed by atoms with van der Waals surface area (Å²) >= 11 is 0. The van der Waals surface area contributed by atoms with Crippen LogP contribution in [0.3, 0.4) is 0 Å². The van der Waals surface area contributed by atoms with Crippen LogP contribution >= 0.6 is 0 Å². The third kappa shape index (κ3) is 2.52. The van der Waals surface area contributed by atoms with Crippen LogP contribution < -0.4 is 0 Å². The number of rotatable bonds is 5. The minimum atomic E-state index is 0.120. The van der Waals surface area contributed by atoms with Gasteiger partial charge in [-0.05, 0) is 13.8 Å². The second-order valence-corrected chi connectivity index (χ2v) is 3.42. The Morgan fingerprint density at radius 1 is 1.71 bits per heavy atom. The molecule has 1 aromatic rings. The zero-order valence-corrected chi connectivity index (χ0v) is 8.60. The predicted octanol–water partition coefficient (Wildman–Crippen LogP) is 1.55. The molecule has 0 bridgehead atoms. The molecule has 4 nitrogen and oxygen atoms in total. The zero-order valence-electron chi connectivity index (χ0n) is 8.60. The van der Waals surface area contributed by atoms with E-state index in [9.17, 15) is 4.79 Å². The van der Waals surface area contributed by atoms with Gasteiger partial charge in [-0.3, -0.25) is 4.79 Å². The van der Waals surface area contributed by atoms with Crippen molar-refractivity contribution in [1.82, 2.24) is 14.8 Å². The van der Waals surface area contributed by atoms with Gasteiger partial charge in [-0.15, -0.1) is 6.58 Å². The highest BCUT2D eigenvalue weighted by molar-refractivity contribution is 5.81. The zero-order chi connectivity index (χ0) is 10.6. The molecule has 4 heteroatoms. The van der Waals surface area contributed by atoms with E-state index < -0.39 is 0 Å². The van der Waals surface area contributed by atoms with Crippen molar-refractivity contribution in [1.29, 1.82) is 0 Å². The lowest BCUT2D eigenvalue weighted by molar-refractivity contribution is -0.117. The maximum absolute atomic E-state index is 11.3. The van der Waals surface area contributed by atoms with Crippen LogP contribution in [0.2, 0.25) is 0 Å². The van der Waals surface area contributed by atoms with Crippen LogP contribution in [0.15, 0.2) is 19.0 Å². The highest BCUT2D eigenvalue weighted by atomic mass is 16.1. The van der Waals surface area contributed by atoms with Gasteiger partial charge in [0.2, 0.25) is 0 Å². The summed E-state index contributed by atoms with van der Waals surface area (Å²) in [6.45, 7) is 7.54. The second kappa shape index (κ2) is 4.69. The van der Waals surface area contributed by atoms with Crippen LogP contribution in [0, 0.1) is 0 Å². The van der Waals surface area contributed by atoms with E-state index in [1.807, 2.05) is 13.8 Å². The van der Waals surface area contributed by atoms with Crippen LogP contribution in [-0.2, 0) is 11.2 Å². The van der Waals surface area contributed by atoms with Gasteiger partial charge in [-0.1, -0.05) is 6.08 Å². The van der Waals surface area contributed by atoms with E-state index in [-0.39, 0.29) is 11.8 Å². The highest BCUT2D eigenvalue weighted by Gasteiger charge is 2.10. The summed E-state index contributed by atoms with van der Waals surface area (Å²) in [6, 6.07) is 0.240. The van der Waals surface area contributed by atoms with E-state index in [1.165, 1.54) is 6.33 Å². The molecular weight excluding hydrogens is 178 g/mol. The topological polar surface area (TPSA) is 47.8 Å². The first-order valence-corrected chi connectivity index (χ1v) is 4.66. The van der Waals surface area contributed by atoms with Crippen molar-refractivity contribution in [2.45, 2.75) is 32.7 Å². The summed E-state index contributed by atoms with van der Waals surface area (Å²) in [4.78, 5) is 15.4. The van der Waals surface area contributed by atoms with Crippen LogP contribution in [0.5, 0.6) is 0 Å². The van der Waals surface area contributed by atoms with Crippen LogP contribution in [0.4, 0.5) is 0 Å². The minimum absolute atomic E-state index is 0.120. The predicted molar refractivity (Wildman–Crippen MR) is 53.9 cm³/mol. The molecular formula is C10H15N3O. The van der Waals surface area contributed by atoms with Gasteiger partial charge in [0.1, 0.15) is 17.9 Å². The summed E-state index contributed by atoms with van der Waals surface area (Å²) in [7, 11) is 0. The highest BCUT2D eigenvalue weighted by Crippen LogP contribution is 2.06. The molecule has 1 aromatic heterocycles. The Hall–Kier alpha value is -1.45. The molecule has 0 amide bonds. The monoisotopic (exact) mass is 193 g/mol. The third-order valence-electron chi connectivity index (χ3n) is 1.86. The Kier molecular flexibility index (Phi) is 3.56. The Labute approximate surface area is 83.6 Å². The number of Topliss-reactive ketones (excluding diaryl/α,β-unsaturated/α-hetero) is 1. The van der Waals surface area contributed by atoms with E-state index in [1.54, 1.807) is 10.8 Å². The standard InChI is InChI=1S/C10H15N3O/c1-4-5-9(14)6-10-11-7-12-13(10)8(2)3/h4,7-8H,1,5-6H2,2-3H3. The maximum Gasteiger partial charge on any atom is 0.144 e. The molecule has 0 unspecified atom stereocenters. The number of carbonyl (C=O) groups is 1. The molecule has 0 fully saturated rings. The molecule has 14 heavy (non-hydrogen) atoms. The fraction of sp³-hybridized carbons (Fsp3) is 0.500. The molecule has 1 heterocycles. The van der Waals surface area contributed by atoms with Crippen LogP contribution in [-0.4, -0.2) is 20.5 Å². The first-order valence-electron chi connectivity index (χ1n) is 4.66. The van der Waals surface area contributed by atoms with E-state index in [4.69, 9.17) is 0 Å². The fourth-order valence-electron chi connectivity index (χ4n) is 1.24. The fourth-order valence-corrected chi connectivity index (χ4v) is 1.24. The number of hydrogen-bond donors (Lipinski definition) is 0. The van der Waals surface area contributed by atoms with Crippen molar-refractivity contribution in [2.24, 2.45) is 0 Å². The number of carbonyl (C=O) groups excluding carboxylic acids is 1. The van der Waals surface area contributed by atoms with Gasteiger partial charge in [0.25, 0.3) is 0 Å². The summed E-state index contributed by atoms with van der Waals surface area (Å²) in [6.07, 6.45) is 3.82. The average molecular weight is 193 g/mol. The lowest BCUT2D eigenvalue weighted by Crippen LogP contribution is -2.12. The normalized spacial score (nSPS) is 10.5. The Bertz CT molecular complexity index is 328. The molecule has 0 aliphatic rings. The third-order valence-corrected chi connectivity index (χ3v) is 1.86. The van der Waals surface area contributed by atoms with E-state index in [0.29, 0.717) is 12.8 Å². The molecule has 0 spiro atoms. The molecule has 0 aliphatic heterocycles. The summed E-state index contributed by atoms with van der Waals surface area (Å²) < 4.78 is 1.76. The summed E-state index contributed by atoms with van der Waals surface area (Å²) in [5.74, 6) is 0.849. The Morgan fingerprint density at radius 3 is 3.00 bits per heavy atom. The SMILES string of the molecule is C=CCC(=O)Cc1ncnn1C(C)C. The van der Waals surface area contributed by atoms with Crippen molar-refractivity contribution in [2.75, 3.05) is 0 Å². The first kappa shape index (κ1) is 10.6. The van der Waals surface area contributed by atoms with Gasteiger partial charge < -0.3 is 0 Å². The van der Waals surface area contributed by atoms with E-state index >= 15 is 0 Å². The first-order chi connectivity index (χ1) is 6.65. The van der Waals surface area contributed by atoms with Crippen molar-refractivity contribution in [3.8, 4) is 0 Å². The molecule has 0 aromatic carbocycles. The van der Waals surface area contributed by atoms with E-state index in [0.717, 1.165) is 5.82 Å². The Morgan fingerprint density at radius 2 is 2.43 bits per heavy atom. The smallest absolute Gasteiger partial charge is 0.144 e. The largest absolute Gasteiger partial charge is 0.299 e. The number of nitrogens with zero attached hydrogens (tertiary/aromatic N) is 3. The molecule has 0 saturated carbocycles. The maximum atomic E-state index is 11.3. The molecule has 0 radical (unpaired) electrons. The van der Waals surface area contributed by atoms with Crippen molar-refractivity contribution in [3.05, 3.63) is 24.8 Å². The molecule has 76 valence electrons. The van der Waals surface area contributed by atoms with Crippen LogP contribution in [0.25, 0.3) is 0 Å². The lowest BCUT2D eigenvalue weighted by atomic mass is 10.2. The molecule has 0 N–H and O–H groups in total. The van der Waals surface area contributed by atoms with Crippen LogP contribution in [0.1, 0.15) is 32.1 Å². The minimum Gasteiger partial charge on any atom is -0.299 e. The van der Waals surface area contributed by atoms with Gasteiger partial charge in [0.15, 0.2) is 0 Å². The van der Waals surface area contributed by atoms with Crippen molar-refractivity contribution < 1.29 is 4.79 Å². The quantitative estimate of drug-likeness (QED) is 0.666. The van der Waals surface area contributed by atoms with Gasteiger partial charge in [0, 0.05) is 12.5 Å². The van der Waals surface area contributed by atoms with E-state index in [2.05, 4.69) is 16.7 Å². The molecule has 0 atom stereocenters. The molecule has 1 rings (SSSR count). The number of allylic oxidation sites excluding steroid dienone is 1. The van der Waals surface area contributed by atoms with Crippen molar-refractivity contribution in [3.63, 3.8) is 0 Å². The van der Waals surface area contributed by atoms with Gasteiger partial charge in [-0.2, -0.15) is 5.10 Å². The van der Waals surface area contributed by atoms with Crippen molar-refractivity contribution >= 4 is 5.78 Å². The summed E-state index contributed by atoms with van der Waals surface area (Å²) in [5.41, 5.74) is 0. The lowest BCUT2D eigenvalue weighted by Gasteiger charge is -2.07. The number of ketones is 1. The number of hydrogen-bond acceptors (Lipinski definition) is 3. The number of aromatic nitrogens is 3. The van der Waals surface area contributed by atoms with Gasteiger partial charge >= 0.3 is 0 Å².